The molecule has 3 rings (SSSR count). The summed E-state index contributed by atoms with van der Waals surface area (Å²) in [7, 11) is 0. The lowest BCUT2D eigenvalue weighted by atomic mass is 10.2. The SMILES string of the molecule is CCOC(=O)c1nc(Nc2ccc(C(=O)O)cc2)c2ccccc2n1.[Cl-]. The number of carbonyl (C=O) groups is 2. The van der Waals surface area contributed by atoms with Crippen molar-refractivity contribution >= 4 is 34.3 Å². The van der Waals surface area contributed by atoms with E-state index in [1.165, 1.54) is 12.1 Å². The van der Waals surface area contributed by atoms with E-state index in [0.29, 0.717) is 17.0 Å². The first-order valence-electron chi connectivity index (χ1n) is 7.62. The van der Waals surface area contributed by atoms with Gasteiger partial charge in [0.15, 0.2) is 0 Å². The minimum atomic E-state index is -0.997. The second-order valence-corrected chi connectivity index (χ2v) is 5.14. The molecule has 26 heavy (non-hydrogen) atoms. The molecule has 0 fully saturated rings. The molecule has 0 aliphatic rings. The van der Waals surface area contributed by atoms with E-state index in [0.717, 1.165) is 5.39 Å². The van der Waals surface area contributed by atoms with Gasteiger partial charge in [0, 0.05) is 11.1 Å². The van der Waals surface area contributed by atoms with Crippen molar-refractivity contribution < 1.29 is 31.8 Å². The smallest absolute Gasteiger partial charge is 0.376 e. The number of aromatic nitrogens is 2. The molecule has 0 unspecified atom stereocenters. The molecular weight excluding hydrogens is 358 g/mol. The molecule has 1 aromatic heterocycles. The first-order chi connectivity index (χ1) is 12.1. The summed E-state index contributed by atoms with van der Waals surface area (Å²) in [5.41, 5.74) is 1.43. The Morgan fingerprint density at radius 1 is 1.08 bits per heavy atom. The van der Waals surface area contributed by atoms with Crippen LogP contribution >= 0.6 is 0 Å². The number of rotatable bonds is 5. The molecule has 2 aromatic carbocycles. The third-order valence-corrected chi connectivity index (χ3v) is 3.46. The van der Waals surface area contributed by atoms with Crippen molar-refractivity contribution in [3.8, 4) is 0 Å². The molecule has 1 heterocycles. The molecule has 7 nitrogen and oxygen atoms in total. The predicted molar refractivity (Wildman–Crippen MR) is 92.2 cm³/mol. The van der Waals surface area contributed by atoms with Crippen molar-refractivity contribution in [2.45, 2.75) is 6.92 Å². The fourth-order valence-corrected chi connectivity index (χ4v) is 2.29. The van der Waals surface area contributed by atoms with E-state index in [1.807, 2.05) is 18.2 Å². The Morgan fingerprint density at radius 2 is 1.77 bits per heavy atom. The summed E-state index contributed by atoms with van der Waals surface area (Å²) in [5.74, 6) is -1.19. The number of nitrogens with zero attached hydrogens (tertiary/aromatic N) is 2. The second-order valence-electron chi connectivity index (χ2n) is 5.14. The van der Waals surface area contributed by atoms with Crippen LogP contribution in [0.15, 0.2) is 48.5 Å². The van der Waals surface area contributed by atoms with Crippen molar-refractivity contribution in [3.05, 3.63) is 59.9 Å². The van der Waals surface area contributed by atoms with E-state index in [9.17, 15) is 9.59 Å². The van der Waals surface area contributed by atoms with Crippen LogP contribution in [0.25, 0.3) is 10.9 Å². The van der Waals surface area contributed by atoms with Gasteiger partial charge in [-0.25, -0.2) is 19.6 Å². The minimum Gasteiger partial charge on any atom is -1.00 e. The molecule has 0 saturated heterocycles. The first-order valence-corrected chi connectivity index (χ1v) is 7.62. The number of ether oxygens (including phenoxy) is 1. The van der Waals surface area contributed by atoms with Crippen molar-refractivity contribution in [1.82, 2.24) is 9.97 Å². The number of nitrogens with one attached hydrogen (secondary N) is 1. The number of benzene rings is 2. The van der Waals surface area contributed by atoms with Crippen LogP contribution in [0.1, 0.15) is 27.9 Å². The van der Waals surface area contributed by atoms with Gasteiger partial charge >= 0.3 is 11.9 Å². The number of fused-ring (bicyclic) bond motifs is 1. The number of anilines is 2. The van der Waals surface area contributed by atoms with Gasteiger partial charge < -0.3 is 27.6 Å². The van der Waals surface area contributed by atoms with Gasteiger partial charge in [-0.2, -0.15) is 0 Å². The zero-order valence-electron chi connectivity index (χ0n) is 13.8. The predicted octanol–water partition coefficient (Wildman–Crippen LogP) is 0.252. The zero-order chi connectivity index (χ0) is 17.8. The van der Waals surface area contributed by atoms with E-state index in [2.05, 4.69) is 15.3 Å². The van der Waals surface area contributed by atoms with Crippen molar-refractivity contribution in [3.63, 3.8) is 0 Å². The Morgan fingerprint density at radius 3 is 2.42 bits per heavy atom. The van der Waals surface area contributed by atoms with E-state index in [4.69, 9.17) is 9.84 Å². The van der Waals surface area contributed by atoms with Crippen molar-refractivity contribution in [1.29, 1.82) is 0 Å². The van der Waals surface area contributed by atoms with E-state index >= 15 is 0 Å². The topological polar surface area (TPSA) is 101 Å². The zero-order valence-corrected chi connectivity index (χ0v) is 14.5. The summed E-state index contributed by atoms with van der Waals surface area (Å²) in [6.45, 7) is 1.94. The van der Waals surface area contributed by atoms with Gasteiger partial charge in [-0.05, 0) is 43.3 Å². The molecule has 0 bridgehead atoms. The number of halogens is 1. The average Bonchev–Trinajstić information content (AvgIpc) is 2.62. The maximum absolute atomic E-state index is 12.0. The third kappa shape index (κ3) is 4.07. The second kappa shape index (κ2) is 8.26. The van der Waals surface area contributed by atoms with Crippen molar-refractivity contribution in [2.24, 2.45) is 0 Å². The maximum Gasteiger partial charge on any atom is 0.376 e. The van der Waals surface area contributed by atoms with Crippen LogP contribution in [0, 0.1) is 0 Å². The third-order valence-electron chi connectivity index (χ3n) is 3.46. The molecule has 0 aliphatic carbocycles. The number of esters is 1. The number of para-hydroxylation sites is 1. The highest BCUT2D eigenvalue weighted by molar-refractivity contribution is 5.95. The van der Waals surface area contributed by atoms with Crippen LogP contribution in [-0.4, -0.2) is 33.6 Å². The molecule has 0 aliphatic heterocycles. The van der Waals surface area contributed by atoms with Gasteiger partial charge in [0.2, 0.25) is 5.82 Å². The van der Waals surface area contributed by atoms with Crippen molar-refractivity contribution in [2.75, 3.05) is 11.9 Å². The van der Waals surface area contributed by atoms with Gasteiger partial charge in [-0.15, -0.1) is 0 Å². The molecule has 0 amide bonds. The summed E-state index contributed by atoms with van der Waals surface area (Å²) in [5, 5.41) is 12.8. The average molecular weight is 373 g/mol. The van der Waals surface area contributed by atoms with Crippen LogP contribution in [0.5, 0.6) is 0 Å². The summed E-state index contributed by atoms with van der Waals surface area (Å²) < 4.78 is 4.97. The Kier molecular flexibility index (Phi) is 6.08. The fraction of sp³-hybridized carbons (Fsp3) is 0.111. The number of carbonyl (C=O) groups excluding carboxylic acids is 1. The first kappa shape index (κ1) is 19.1. The van der Waals surface area contributed by atoms with Gasteiger partial charge in [-0.3, -0.25) is 0 Å². The minimum absolute atomic E-state index is 0. The molecule has 0 saturated carbocycles. The molecule has 134 valence electrons. The summed E-state index contributed by atoms with van der Waals surface area (Å²) in [6.07, 6.45) is 0. The van der Waals surface area contributed by atoms with E-state index in [-0.39, 0.29) is 30.4 Å². The van der Waals surface area contributed by atoms with Crippen LogP contribution in [-0.2, 0) is 4.74 Å². The lowest BCUT2D eigenvalue weighted by Crippen LogP contribution is -3.00. The number of carboxylic acids is 1. The maximum atomic E-state index is 12.0. The van der Waals surface area contributed by atoms with Gasteiger partial charge in [0.25, 0.3) is 0 Å². The summed E-state index contributed by atoms with van der Waals surface area (Å²) >= 11 is 0. The quantitative estimate of drug-likeness (QED) is 0.619. The van der Waals surface area contributed by atoms with E-state index in [1.54, 1.807) is 25.1 Å². The van der Waals surface area contributed by atoms with Gasteiger partial charge in [0.05, 0.1) is 17.7 Å². The van der Waals surface area contributed by atoms with Crippen LogP contribution in [0.4, 0.5) is 11.5 Å². The normalized spacial score (nSPS) is 10.0. The van der Waals surface area contributed by atoms with Crippen LogP contribution < -0.4 is 17.7 Å². The number of hydrogen-bond acceptors (Lipinski definition) is 6. The lowest BCUT2D eigenvalue weighted by Gasteiger charge is -2.10. The monoisotopic (exact) mass is 372 g/mol. The van der Waals surface area contributed by atoms with Crippen LogP contribution in [0.2, 0.25) is 0 Å². The summed E-state index contributed by atoms with van der Waals surface area (Å²) in [4.78, 5) is 31.4. The Bertz CT molecular complexity index is 945. The molecule has 0 radical (unpaired) electrons. The number of hydrogen-bond donors (Lipinski definition) is 2. The Balaban J connectivity index is 0.00000243. The Labute approximate surface area is 155 Å². The van der Waals surface area contributed by atoms with Crippen LogP contribution in [0.3, 0.4) is 0 Å². The van der Waals surface area contributed by atoms with Gasteiger partial charge in [0.1, 0.15) is 5.82 Å². The molecule has 2 N–H and O–H groups in total. The van der Waals surface area contributed by atoms with E-state index < -0.39 is 11.9 Å². The van der Waals surface area contributed by atoms with Gasteiger partial charge in [-0.1, -0.05) is 12.1 Å². The highest BCUT2D eigenvalue weighted by Crippen LogP contribution is 2.24. The molecular formula is C18H15ClN3O4-. The largest absolute Gasteiger partial charge is 1.00 e. The molecule has 3 aromatic rings. The lowest BCUT2D eigenvalue weighted by molar-refractivity contribution is -0.0000378. The number of carboxylic acid groups (broad SMARTS) is 1. The molecule has 0 atom stereocenters. The molecule has 8 heteroatoms. The standard InChI is InChI=1S/C18H15N3O4.ClH/c1-2-25-18(24)16-20-14-6-4-3-5-13(14)15(21-16)19-12-9-7-11(8-10-12)17(22)23;/h3-10H,2H2,1H3,(H,22,23)(H,19,20,21);1H/p-1. The highest BCUT2D eigenvalue weighted by Gasteiger charge is 2.15. The summed E-state index contributed by atoms with van der Waals surface area (Å²) in [6, 6.07) is 13.5. The number of aromatic carboxylic acids is 1. The Hall–Kier alpha value is -3.19. The fourth-order valence-electron chi connectivity index (χ4n) is 2.29. The molecule has 0 spiro atoms. The highest BCUT2D eigenvalue weighted by atomic mass is 35.5.